The zero-order valence-corrected chi connectivity index (χ0v) is 7.42. The Morgan fingerprint density at radius 1 is 1.64 bits per heavy atom. The Hall–Kier alpha value is -0.340. The summed E-state index contributed by atoms with van der Waals surface area (Å²) in [5, 5.41) is 0. The molecule has 0 spiro atoms. The standard InChI is InChI=1S/C9H17NO/c1-4-9-7-11-6-5-10(9)8(2)3/h4,8-9H,1,5-7H2,2-3H3/t9-/m1/s1. The fourth-order valence-electron chi connectivity index (χ4n) is 1.48. The Morgan fingerprint density at radius 2 is 2.36 bits per heavy atom. The predicted octanol–water partition coefficient (Wildman–Crippen LogP) is 1.28. The highest BCUT2D eigenvalue weighted by atomic mass is 16.5. The minimum Gasteiger partial charge on any atom is -0.378 e. The molecule has 1 saturated heterocycles. The van der Waals surface area contributed by atoms with Crippen molar-refractivity contribution in [2.24, 2.45) is 0 Å². The smallest absolute Gasteiger partial charge is 0.0658 e. The number of ether oxygens (including phenoxy) is 1. The third kappa shape index (κ3) is 2.04. The Morgan fingerprint density at radius 3 is 2.82 bits per heavy atom. The van der Waals surface area contributed by atoms with Crippen LogP contribution in [0.25, 0.3) is 0 Å². The van der Waals surface area contributed by atoms with Gasteiger partial charge in [0.05, 0.1) is 19.3 Å². The molecule has 1 atom stereocenters. The van der Waals surface area contributed by atoms with Gasteiger partial charge in [-0.2, -0.15) is 0 Å². The average molecular weight is 155 g/mol. The highest BCUT2D eigenvalue weighted by Crippen LogP contribution is 2.10. The molecule has 0 amide bonds. The molecule has 64 valence electrons. The quantitative estimate of drug-likeness (QED) is 0.557. The van der Waals surface area contributed by atoms with E-state index in [1.54, 1.807) is 0 Å². The van der Waals surface area contributed by atoms with Crippen LogP contribution in [-0.4, -0.2) is 36.7 Å². The number of hydrogen-bond acceptors (Lipinski definition) is 2. The molecule has 0 bridgehead atoms. The molecule has 0 aromatic rings. The molecule has 1 heterocycles. The minimum atomic E-state index is 0.420. The lowest BCUT2D eigenvalue weighted by Crippen LogP contribution is -2.47. The Kier molecular flexibility index (Phi) is 3.09. The van der Waals surface area contributed by atoms with Gasteiger partial charge in [0, 0.05) is 12.6 Å². The maximum absolute atomic E-state index is 5.34. The van der Waals surface area contributed by atoms with Gasteiger partial charge in [0.1, 0.15) is 0 Å². The van der Waals surface area contributed by atoms with E-state index in [-0.39, 0.29) is 0 Å². The largest absolute Gasteiger partial charge is 0.378 e. The van der Waals surface area contributed by atoms with Gasteiger partial charge >= 0.3 is 0 Å². The minimum absolute atomic E-state index is 0.420. The van der Waals surface area contributed by atoms with E-state index in [4.69, 9.17) is 4.74 Å². The van der Waals surface area contributed by atoms with E-state index in [0.717, 1.165) is 19.8 Å². The monoisotopic (exact) mass is 155 g/mol. The van der Waals surface area contributed by atoms with Gasteiger partial charge < -0.3 is 4.74 Å². The molecule has 1 aliphatic rings. The average Bonchev–Trinajstić information content (AvgIpc) is 2.04. The molecule has 0 radical (unpaired) electrons. The first-order valence-electron chi connectivity index (χ1n) is 4.21. The number of rotatable bonds is 2. The third-order valence-electron chi connectivity index (χ3n) is 2.14. The van der Waals surface area contributed by atoms with Crippen LogP contribution < -0.4 is 0 Å². The lowest BCUT2D eigenvalue weighted by molar-refractivity contribution is -0.00426. The lowest BCUT2D eigenvalue weighted by Gasteiger charge is -2.36. The van der Waals surface area contributed by atoms with Crippen molar-refractivity contribution < 1.29 is 4.74 Å². The zero-order chi connectivity index (χ0) is 8.27. The number of hydrogen-bond donors (Lipinski definition) is 0. The van der Waals surface area contributed by atoms with E-state index in [1.807, 2.05) is 6.08 Å². The van der Waals surface area contributed by atoms with Crippen LogP contribution >= 0.6 is 0 Å². The summed E-state index contributed by atoms with van der Waals surface area (Å²) < 4.78 is 5.34. The first kappa shape index (κ1) is 8.75. The summed E-state index contributed by atoms with van der Waals surface area (Å²) in [5.41, 5.74) is 0. The van der Waals surface area contributed by atoms with Crippen molar-refractivity contribution in [1.82, 2.24) is 4.90 Å². The molecule has 0 unspecified atom stereocenters. The van der Waals surface area contributed by atoms with Crippen molar-refractivity contribution in [3.8, 4) is 0 Å². The van der Waals surface area contributed by atoms with Gasteiger partial charge in [-0.05, 0) is 13.8 Å². The van der Waals surface area contributed by atoms with Crippen LogP contribution in [0.4, 0.5) is 0 Å². The Labute approximate surface area is 68.8 Å². The summed E-state index contributed by atoms with van der Waals surface area (Å²) in [6.45, 7) is 10.9. The summed E-state index contributed by atoms with van der Waals surface area (Å²) in [4.78, 5) is 2.41. The summed E-state index contributed by atoms with van der Waals surface area (Å²) in [5.74, 6) is 0. The molecule has 0 saturated carbocycles. The van der Waals surface area contributed by atoms with Gasteiger partial charge in [0.2, 0.25) is 0 Å². The van der Waals surface area contributed by atoms with Crippen molar-refractivity contribution in [2.45, 2.75) is 25.9 Å². The molecular formula is C9H17NO. The van der Waals surface area contributed by atoms with Crippen LogP contribution in [0, 0.1) is 0 Å². The molecule has 1 fully saturated rings. The molecule has 0 N–H and O–H groups in total. The molecule has 11 heavy (non-hydrogen) atoms. The first-order valence-corrected chi connectivity index (χ1v) is 4.21. The normalized spacial score (nSPS) is 27.4. The van der Waals surface area contributed by atoms with Crippen LogP contribution in [0.1, 0.15) is 13.8 Å². The van der Waals surface area contributed by atoms with Crippen LogP contribution in [0.2, 0.25) is 0 Å². The Bertz CT molecular complexity index is 134. The van der Waals surface area contributed by atoms with E-state index >= 15 is 0 Å². The number of morpholine rings is 1. The maximum Gasteiger partial charge on any atom is 0.0658 e. The molecule has 1 aliphatic heterocycles. The second-order valence-corrected chi connectivity index (χ2v) is 3.21. The summed E-state index contributed by atoms with van der Waals surface area (Å²) >= 11 is 0. The van der Waals surface area contributed by atoms with E-state index < -0.39 is 0 Å². The van der Waals surface area contributed by atoms with E-state index in [0.29, 0.717) is 12.1 Å². The van der Waals surface area contributed by atoms with E-state index in [2.05, 4.69) is 25.3 Å². The highest BCUT2D eigenvalue weighted by molar-refractivity contribution is 4.91. The summed E-state index contributed by atoms with van der Waals surface area (Å²) in [6, 6.07) is 1.02. The first-order chi connectivity index (χ1) is 5.25. The lowest BCUT2D eigenvalue weighted by atomic mass is 10.2. The van der Waals surface area contributed by atoms with Crippen LogP contribution in [0.3, 0.4) is 0 Å². The van der Waals surface area contributed by atoms with Crippen molar-refractivity contribution >= 4 is 0 Å². The van der Waals surface area contributed by atoms with Crippen LogP contribution in [0.15, 0.2) is 12.7 Å². The number of nitrogens with zero attached hydrogens (tertiary/aromatic N) is 1. The van der Waals surface area contributed by atoms with Gasteiger partial charge in [-0.15, -0.1) is 6.58 Å². The molecule has 0 aliphatic carbocycles. The predicted molar refractivity (Wildman–Crippen MR) is 46.6 cm³/mol. The second kappa shape index (κ2) is 3.88. The summed E-state index contributed by atoms with van der Waals surface area (Å²) in [7, 11) is 0. The van der Waals surface area contributed by atoms with Gasteiger partial charge in [-0.3, -0.25) is 4.90 Å². The van der Waals surface area contributed by atoms with Gasteiger partial charge in [0.25, 0.3) is 0 Å². The molecule has 0 aromatic heterocycles. The van der Waals surface area contributed by atoms with Gasteiger partial charge in [-0.25, -0.2) is 0 Å². The fraction of sp³-hybridized carbons (Fsp3) is 0.778. The van der Waals surface area contributed by atoms with Gasteiger partial charge in [0.15, 0.2) is 0 Å². The third-order valence-corrected chi connectivity index (χ3v) is 2.14. The molecule has 2 heteroatoms. The van der Waals surface area contributed by atoms with Crippen molar-refractivity contribution in [3.63, 3.8) is 0 Å². The molecule has 2 nitrogen and oxygen atoms in total. The zero-order valence-electron chi connectivity index (χ0n) is 7.42. The van der Waals surface area contributed by atoms with Crippen molar-refractivity contribution in [3.05, 3.63) is 12.7 Å². The van der Waals surface area contributed by atoms with E-state index in [9.17, 15) is 0 Å². The van der Waals surface area contributed by atoms with E-state index in [1.165, 1.54) is 0 Å². The maximum atomic E-state index is 5.34. The second-order valence-electron chi connectivity index (χ2n) is 3.21. The summed E-state index contributed by atoms with van der Waals surface area (Å²) in [6.07, 6.45) is 1.97. The fourth-order valence-corrected chi connectivity index (χ4v) is 1.48. The molecular weight excluding hydrogens is 138 g/mol. The highest BCUT2D eigenvalue weighted by Gasteiger charge is 2.21. The van der Waals surface area contributed by atoms with Crippen molar-refractivity contribution in [1.29, 1.82) is 0 Å². The van der Waals surface area contributed by atoms with Gasteiger partial charge in [-0.1, -0.05) is 6.08 Å². The van der Waals surface area contributed by atoms with Crippen LogP contribution in [0.5, 0.6) is 0 Å². The SMILES string of the molecule is C=C[C@@H]1COCCN1C(C)C. The Balaban J connectivity index is 2.51. The molecule has 1 rings (SSSR count). The van der Waals surface area contributed by atoms with Crippen LogP contribution in [-0.2, 0) is 4.74 Å². The molecule has 0 aromatic carbocycles. The van der Waals surface area contributed by atoms with Crippen molar-refractivity contribution in [2.75, 3.05) is 19.8 Å². The topological polar surface area (TPSA) is 12.5 Å².